The summed E-state index contributed by atoms with van der Waals surface area (Å²) in [4.78, 5) is 7.18. The van der Waals surface area contributed by atoms with Crippen molar-refractivity contribution in [3.05, 3.63) is 29.7 Å². The number of hydrogen-bond donors (Lipinski definition) is 1. The summed E-state index contributed by atoms with van der Waals surface area (Å²) in [5, 5.41) is 11.8. The molecule has 3 aromatic heterocycles. The largest absolute Gasteiger partial charge is 0.374 e. The topological polar surface area (TPSA) is 71.3 Å². The lowest BCUT2D eigenvalue weighted by Crippen LogP contribution is -2.37. The normalized spacial score (nSPS) is 23.3. The molecule has 118 valence electrons. The highest BCUT2D eigenvalue weighted by atomic mass is 16.5. The van der Waals surface area contributed by atoms with Crippen LogP contribution in [0.25, 0.3) is 16.9 Å². The highest BCUT2D eigenvalue weighted by Gasteiger charge is 2.40. The maximum atomic E-state index is 5.71. The minimum atomic E-state index is 0.351. The Morgan fingerprint density at radius 3 is 2.96 bits per heavy atom. The van der Waals surface area contributed by atoms with E-state index in [0.717, 1.165) is 53.7 Å². The van der Waals surface area contributed by atoms with Crippen LogP contribution < -0.4 is 4.90 Å². The first-order valence-corrected chi connectivity index (χ1v) is 7.95. The number of anilines is 1. The van der Waals surface area contributed by atoms with Crippen molar-refractivity contribution in [3.63, 3.8) is 0 Å². The standard InChI is InChI=1S/C16H18N6O/c1-9-16(10(2)20-19-9)13-6-15(18-14-3-4-17-22(13)14)21-7-12-5-11(21)8-23-12/h3-4,6,11-12H,5,7-8H2,1-2H3,(H,19,20)/t11-,12-/m0/s1. The maximum absolute atomic E-state index is 5.71. The fourth-order valence-corrected chi connectivity index (χ4v) is 3.83. The van der Waals surface area contributed by atoms with Gasteiger partial charge >= 0.3 is 0 Å². The number of hydrogen-bond acceptors (Lipinski definition) is 5. The highest BCUT2D eigenvalue weighted by molar-refractivity contribution is 5.71. The molecule has 1 N–H and O–H groups in total. The summed E-state index contributed by atoms with van der Waals surface area (Å²) >= 11 is 0. The maximum Gasteiger partial charge on any atom is 0.158 e. The molecule has 0 saturated carbocycles. The summed E-state index contributed by atoms with van der Waals surface area (Å²) in [5.74, 6) is 1.00. The third-order valence-corrected chi connectivity index (χ3v) is 4.92. The summed E-state index contributed by atoms with van der Waals surface area (Å²) in [5.41, 5.74) is 5.01. The molecule has 23 heavy (non-hydrogen) atoms. The third kappa shape index (κ3) is 1.83. The van der Waals surface area contributed by atoms with Crippen molar-refractivity contribution >= 4 is 11.5 Å². The minimum Gasteiger partial charge on any atom is -0.374 e. The Hall–Kier alpha value is -2.41. The van der Waals surface area contributed by atoms with Crippen LogP contribution in [-0.4, -0.2) is 50.1 Å². The molecular formula is C16H18N6O. The van der Waals surface area contributed by atoms with E-state index in [-0.39, 0.29) is 0 Å². The van der Waals surface area contributed by atoms with Gasteiger partial charge in [-0.1, -0.05) is 0 Å². The third-order valence-electron chi connectivity index (χ3n) is 4.92. The lowest BCUT2D eigenvalue weighted by Gasteiger charge is -2.28. The van der Waals surface area contributed by atoms with E-state index in [1.54, 1.807) is 6.20 Å². The number of aryl methyl sites for hydroxylation is 2. The van der Waals surface area contributed by atoms with Gasteiger partial charge in [0.1, 0.15) is 5.82 Å². The predicted octanol–water partition coefficient (Wildman–Crippen LogP) is 1.71. The lowest BCUT2D eigenvalue weighted by molar-refractivity contribution is 0.0989. The number of H-pyrrole nitrogens is 1. The number of ether oxygens (including phenoxy) is 1. The first kappa shape index (κ1) is 13.1. The van der Waals surface area contributed by atoms with Crippen molar-refractivity contribution in [1.29, 1.82) is 0 Å². The van der Waals surface area contributed by atoms with Crippen LogP contribution in [0.4, 0.5) is 5.82 Å². The molecule has 5 rings (SSSR count). The number of aromatic nitrogens is 5. The lowest BCUT2D eigenvalue weighted by atomic mass is 10.1. The van der Waals surface area contributed by atoms with Crippen LogP contribution in [0.15, 0.2) is 18.3 Å². The average molecular weight is 310 g/mol. The number of aromatic amines is 1. The first-order valence-electron chi connectivity index (χ1n) is 7.95. The molecule has 3 aromatic rings. The van der Waals surface area contributed by atoms with E-state index < -0.39 is 0 Å². The van der Waals surface area contributed by atoms with E-state index >= 15 is 0 Å². The van der Waals surface area contributed by atoms with Crippen molar-refractivity contribution in [2.75, 3.05) is 18.1 Å². The zero-order valence-corrected chi connectivity index (χ0v) is 13.2. The molecule has 0 amide bonds. The summed E-state index contributed by atoms with van der Waals surface area (Å²) in [7, 11) is 0. The molecule has 0 spiro atoms. The van der Waals surface area contributed by atoms with Crippen molar-refractivity contribution in [2.45, 2.75) is 32.4 Å². The Morgan fingerprint density at radius 2 is 2.26 bits per heavy atom. The Balaban J connectivity index is 1.71. The van der Waals surface area contributed by atoms with Crippen LogP contribution in [-0.2, 0) is 4.74 Å². The Bertz CT molecular complexity index is 878. The molecule has 0 unspecified atom stereocenters. The first-order chi connectivity index (χ1) is 11.2. The van der Waals surface area contributed by atoms with Crippen LogP contribution in [0, 0.1) is 13.8 Å². The quantitative estimate of drug-likeness (QED) is 0.780. The summed E-state index contributed by atoms with van der Waals surface area (Å²) < 4.78 is 7.60. The van der Waals surface area contributed by atoms with Crippen LogP contribution in [0.3, 0.4) is 0 Å². The fourth-order valence-electron chi connectivity index (χ4n) is 3.83. The van der Waals surface area contributed by atoms with Gasteiger partial charge in [-0.15, -0.1) is 0 Å². The summed E-state index contributed by atoms with van der Waals surface area (Å²) in [6.45, 7) is 5.77. The van der Waals surface area contributed by atoms with Crippen molar-refractivity contribution < 1.29 is 4.74 Å². The predicted molar refractivity (Wildman–Crippen MR) is 85.5 cm³/mol. The number of nitrogens with zero attached hydrogens (tertiary/aromatic N) is 5. The number of morpholine rings is 1. The van der Waals surface area contributed by atoms with Crippen LogP contribution >= 0.6 is 0 Å². The van der Waals surface area contributed by atoms with Gasteiger partial charge < -0.3 is 9.64 Å². The van der Waals surface area contributed by atoms with Gasteiger partial charge in [0, 0.05) is 29.9 Å². The fraction of sp³-hybridized carbons (Fsp3) is 0.438. The molecule has 2 saturated heterocycles. The Morgan fingerprint density at radius 1 is 1.35 bits per heavy atom. The van der Waals surface area contributed by atoms with E-state index in [1.807, 2.05) is 24.4 Å². The zero-order valence-electron chi connectivity index (χ0n) is 13.2. The van der Waals surface area contributed by atoms with E-state index in [9.17, 15) is 0 Å². The minimum absolute atomic E-state index is 0.351. The molecule has 0 radical (unpaired) electrons. The molecular weight excluding hydrogens is 292 g/mol. The summed E-state index contributed by atoms with van der Waals surface area (Å²) in [6.07, 6.45) is 3.24. The van der Waals surface area contributed by atoms with Crippen molar-refractivity contribution in [1.82, 2.24) is 24.8 Å². The molecule has 2 atom stereocenters. The summed E-state index contributed by atoms with van der Waals surface area (Å²) in [6, 6.07) is 4.52. The highest BCUT2D eigenvalue weighted by Crippen LogP contribution is 2.34. The van der Waals surface area contributed by atoms with Crippen molar-refractivity contribution in [3.8, 4) is 11.3 Å². The van der Waals surface area contributed by atoms with Gasteiger partial charge in [-0.25, -0.2) is 9.50 Å². The van der Waals surface area contributed by atoms with Gasteiger partial charge in [-0.2, -0.15) is 10.2 Å². The zero-order chi connectivity index (χ0) is 15.6. The van der Waals surface area contributed by atoms with Gasteiger partial charge in [0.05, 0.1) is 36.3 Å². The SMILES string of the molecule is Cc1n[nH]c(C)c1-c1cc(N2C[C@@H]3C[C@H]2CO3)nc2ccnn12. The monoisotopic (exact) mass is 310 g/mol. The smallest absolute Gasteiger partial charge is 0.158 e. The molecule has 0 aromatic carbocycles. The van der Waals surface area contributed by atoms with E-state index in [1.165, 1.54) is 0 Å². The van der Waals surface area contributed by atoms with E-state index in [2.05, 4.69) is 26.3 Å². The van der Waals surface area contributed by atoms with Gasteiger partial charge in [0.15, 0.2) is 5.65 Å². The van der Waals surface area contributed by atoms with E-state index in [0.29, 0.717) is 12.1 Å². The van der Waals surface area contributed by atoms with Gasteiger partial charge in [-0.05, 0) is 20.3 Å². The Labute approximate surface area is 133 Å². The van der Waals surface area contributed by atoms with Crippen molar-refractivity contribution in [2.24, 2.45) is 0 Å². The number of fused-ring (bicyclic) bond motifs is 3. The van der Waals surface area contributed by atoms with Gasteiger partial charge in [-0.3, -0.25) is 5.10 Å². The van der Waals surface area contributed by atoms with Gasteiger partial charge in [0.25, 0.3) is 0 Å². The molecule has 2 fully saturated rings. The molecule has 7 nitrogen and oxygen atoms in total. The molecule has 2 aliphatic heterocycles. The average Bonchev–Trinajstić information content (AvgIpc) is 3.30. The molecule has 2 bridgehead atoms. The second-order valence-electron chi connectivity index (χ2n) is 6.41. The number of nitrogens with one attached hydrogen (secondary N) is 1. The molecule has 5 heterocycles. The van der Waals surface area contributed by atoms with Gasteiger partial charge in [0.2, 0.25) is 0 Å². The number of rotatable bonds is 2. The van der Waals surface area contributed by atoms with E-state index in [4.69, 9.17) is 9.72 Å². The molecule has 7 heteroatoms. The second-order valence-corrected chi connectivity index (χ2v) is 6.41. The Kier molecular flexibility index (Phi) is 2.58. The molecule has 0 aliphatic carbocycles. The molecule has 2 aliphatic rings. The van der Waals surface area contributed by atoms with Crippen LogP contribution in [0.2, 0.25) is 0 Å². The second kappa shape index (κ2) is 4.55. The van der Waals surface area contributed by atoms with Crippen LogP contribution in [0.1, 0.15) is 17.8 Å². The van der Waals surface area contributed by atoms with Crippen LogP contribution in [0.5, 0.6) is 0 Å².